The normalized spacial score (nSPS) is 14.1. The molecule has 5 rings (SSSR count). The number of hydrogen-bond donors (Lipinski definition) is 1. The maximum absolute atomic E-state index is 14.7. The van der Waals surface area contributed by atoms with Gasteiger partial charge in [0, 0.05) is 23.5 Å². The van der Waals surface area contributed by atoms with Crippen LogP contribution in [-0.4, -0.2) is 32.8 Å². The topological polar surface area (TPSA) is 98.4 Å². The zero-order valence-corrected chi connectivity index (χ0v) is 19.8. The third-order valence-electron chi connectivity index (χ3n) is 6.05. The van der Waals surface area contributed by atoms with E-state index in [1.807, 2.05) is 16.9 Å². The highest BCUT2D eigenvalue weighted by Gasteiger charge is 2.24. The first-order valence-corrected chi connectivity index (χ1v) is 12.6. The first kappa shape index (κ1) is 22.3. The Bertz CT molecular complexity index is 1590. The average molecular weight is 482 g/mol. The van der Waals surface area contributed by atoms with Crippen molar-refractivity contribution in [3.63, 3.8) is 0 Å². The van der Waals surface area contributed by atoms with Gasteiger partial charge in [-0.2, -0.15) is 5.10 Å². The van der Waals surface area contributed by atoms with Crippen LogP contribution in [-0.2, 0) is 9.84 Å². The highest BCUT2D eigenvalue weighted by atomic mass is 32.2. The Labute approximate surface area is 196 Å². The summed E-state index contributed by atoms with van der Waals surface area (Å²) in [5.74, 6) is -0.538. The van der Waals surface area contributed by atoms with E-state index >= 15 is 0 Å². The molecule has 0 atom stereocenters. The lowest BCUT2D eigenvalue weighted by atomic mass is 10.1. The van der Waals surface area contributed by atoms with Crippen molar-refractivity contribution in [2.24, 2.45) is 0 Å². The Balaban J connectivity index is 1.48. The summed E-state index contributed by atoms with van der Waals surface area (Å²) in [5, 5.41) is 6.58. The summed E-state index contributed by atoms with van der Waals surface area (Å²) in [6.07, 6.45) is 7.75. The molecule has 10 heteroatoms. The molecule has 1 fully saturated rings. The molecule has 0 saturated heterocycles. The number of fused-ring (bicyclic) bond motifs is 1. The van der Waals surface area contributed by atoms with Crippen molar-refractivity contribution in [1.82, 2.24) is 19.2 Å². The number of sulfone groups is 1. The molecule has 34 heavy (non-hydrogen) atoms. The summed E-state index contributed by atoms with van der Waals surface area (Å²) < 4.78 is 42.8. The van der Waals surface area contributed by atoms with Gasteiger partial charge in [-0.15, -0.1) is 0 Å². The third-order valence-corrected chi connectivity index (χ3v) is 8.20. The lowest BCUT2D eigenvalue weighted by Crippen LogP contribution is -2.20. The lowest BCUT2D eigenvalue weighted by Gasteiger charge is -2.13. The van der Waals surface area contributed by atoms with Gasteiger partial charge in [-0.1, -0.05) is 0 Å². The summed E-state index contributed by atoms with van der Waals surface area (Å²) in [6, 6.07) is 7.72. The zero-order chi connectivity index (χ0) is 24.2. The third kappa shape index (κ3) is 3.87. The monoisotopic (exact) mass is 481 g/mol. The first-order valence-electron chi connectivity index (χ1n) is 11.0. The van der Waals surface area contributed by atoms with Crippen LogP contribution in [0.4, 0.5) is 15.9 Å². The summed E-state index contributed by atoms with van der Waals surface area (Å²) >= 11 is 0. The lowest BCUT2D eigenvalue weighted by molar-refractivity contribution is 0.583. The summed E-state index contributed by atoms with van der Waals surface area (Å²) in [7, 11) is -3.60. The van der Waals surface area contributed by atoms with E-state index in [4.69, 9.17) is 0 Å². The molecule has 1 aliphatic carbocycles. The Morgan fingerprint density at radius 3 is 2.56 bits per heavy atom. The summed E-state index contributed by atoms with van der Waals surface area (Å²) in [6.45, 7) is 4.69. The van der Waals surface area contributed by atoms with E-state index in [-0.39, 0.29) is 22.0 Å². The van der Waals surface area contributed by atoms with E-state index < -0.39 is 20.9 Å². The van der Waals surface area contributed by atoms with E-state index in [0.717, 1.165) is 30.0 Å². The van der Waals surface area contributed by atoms with Gasteiger partial charge >= 0.3 is 0 Å². The number of benzene rings is 1. The second-order valence-corrected chi connectivity index (χ2v) is 11.3. The number of pyridine rings is 1. The van der Waals surface area contributed by atoms with Gasteiger partial charge in [0.15, 0.2) is 9.84 Å². The number of nitrogens with one attached hydrogen (secondary N) is 1. The fourth-order valence-corrected chi connectivity index (χ4v) is 4.79. The molecule has 1 saturated carbocycles. The van der Waals surface area contributed by atoms with Gasteiger partial charge in [-0.3, -0.25) is 13.9 Å². The van der Waals surface area contributed by atoms with Crippen molar-refractivity contribution in [2.45, 2.75) is 49.8 Å². The molecule has 3 heterocycles. The van der Waals surface area contributed by atoms with Gasteiger partial charge in [0.2, 0.25) is 0 Å². The largest absolute Gasteiger partial charge is 0.337 e. The Kier molecular flexibility index (Phi) is 5.27. The second-order valence-electron chi connectivity index (χ2n) is 8.84. The fraction of sp³-hybridized carbons (Fsp3) is 0.292. The van der Waals surface area contributed by atoms with Gasteiger partial charge < -0.3 is 5.32 Å². The maximum atomic E-state index is 14.7. The van der Waals surface area contributed by atoms with Crippen molar-refractivity contribution in [3.8, 4) is 11.1 Å². The minimum absolute atomic E-state index is 0.0335. The van der Waals surface area contributed by atoms with Crippen molar-refractivity contribution >= 4 is 27.0 Å². The number of aromatic nitrogens is 4. The van der Waals surface area contributed by atoms with Crippen molar-refractivity contribution < 1.29 is 12.8 Å². The molecule has 0 unspecified atom stereocenters. The van der Waals surface area contributed by atoms with Gasteiger partial charge in [0.05, 0.1) is 33.6 Å². The summed E-state index contributed by atoms with van der Waals surface area (Å²) in [4.78, 5) is 17.5. The van der Waals surface area contributed by atoms with Crippen molar-refractivity contribution in [2.75, 3.05) is 5.32 Å². The molecule has 1 aliphatic rings. The van der Waals surface area contributed by atoms with Crippen LogP contribution in [0.5, 0.6) is 0 Å². The predicted octanol–water partition coefficient (Wildman–Crippen LogP) is 4.27. The smallest absolute Gasteiger partial charge is 0.262 e. The minimum Gasteiger partial charge on any atom is -0.337 e. The van der Waals surface area contributed by atoms with Crippen LogP contribution >= 0.6 is 0 Å². The van der Waals surface area contributed by atoms with E-state index in [9.17, 15) is 17.6 Å². The number of halogens is 1. The van der Waals surface area contributed by atoms with Crippen LogP contribution < -0.4 is 10.9 Å². The molecule has 176 valence electrons. The van der Waals surface area contributed by atoms with Crippen molar-refractivity contribution in [3.05, 3.63) is 70.7 Å². The minimum atomic E-state index is -3.60. The molecular formula is C24H24FN5O3S. The Hall–Kier alpha value is -3.53. The molecule has 4 aromatic rings. The molecule has 8 nitrogen and oxygen atoms in total. The molecule has 1 N–H and O–H groups in total. The van der Waals surface area contributed by atoms with Crippen LogP contribution in [0.1, 0.15) is 38.3 Å². The zero-order valence-electron chi connectivity index (χ0n) is 19.0. The molecule has 0 spiro atoms. The molecule has 0 amide bonds. The summed E-state index contributed by atoms with van der Waals surface area (Å²) in [5.41, 5.74) is 2.21. The average Bonchev–Trinajstić information content (AvgIpc) is 3.54. The van der Waals surface area contributed by atoms with E-state index in [2.05, 4.69) is 15.4 Å². The van der Waals surface area contributed by atoms with Crippen LogP contribution in [0.3, 0.4) is 0 Å². The SMILES string of the molecule is Cc1c(Nc2ccc(S(=O)(=O)C(C)C)cc2F)nc2ccc(-c3cnn(C4CC4)c3)cn2c1=O. The first-order chi connectivity index (χ1) is 16.1. The molecule has 1 aromatic carbocycles. The van der Waals surface area contributed by atoms with Gasteiger partial charge in [0.25, 0.3) is 5.56 Å². The standard InChI is InChI=1S/C24H24FN5O3S/c1-14(2)34(32,33)19-7-8-21(20(25)10-19)27-23-15(3)24(31)29-12-16(4-9-22(29)28-23)17-11-26-30(13-17)18-5-6-18/h4,7-14,18,27H,5-6H2,1-3H3. The van der Waals surface area contributed by atoms with E-state index in [0.29, 0.717) is 17.3 Å². The van der Waals surface area contributed by atoms with Gasteiger partial charge in [-0.25, -0.2) is 17.8 Å². The maximum Gasteiger partial charge on any atom is 0.262 e. The van der Waals surface area contributed by atoms with Gasteiger partial charge in [-0.05, 0) is 63.9 Å². The Morgan fingerprint density at radius 1 is 1.12 bits per heavy atom. The quantitative estimate of drug-likeness (QED) is 0.442. The van der Waals surface area contributed by atoms with E-state index in [1.165, 1.54) is 16.5 Å². The van der Waals surface area contributed by atoms with Gasteiger partial charge in [0.1, 0.15) is 17.3 Å². The van der Waals surface area contributed by atoms with Crippen LogP contribution in [0, 0.1) is 12.7 Å². The van der Waals surface area contributed by atoms with Crippen molar-refractivity contribution in [1.29, 1.82) is 0 Å². The number of nitrogens with zero attached hydrogens (tertiary/aromatic N) is 4. The predicted molar refractivity (Wildman–Crippen MR) is 128 cm³/mol. The van der Waals surface area contributed by atoms with E-state index in [1.54, 1.807) is 39.2 Å². The fourth-order valence-electron chi connectivity index (χ4n) is 3.72. The highest BCUT2D eigenvalue weighted by molar-refractivity contribution is 7.92. The highest BCUT2D eigenvalue weighted by Crippen LogP contribution is 2.35. The number of rotatable bonds is 6. The Morgan fingerprint density at radius 2 is 1.88 bits per heavy atom. The van der Waals surface area contributed by atoms with Crippen LogP contribution in [0.15, 0.2) is 58.6 Å². The molecular weight excluding hydrogens is 457 g/mol. The number of anilines is 2. The number of hydrogen-bond acceptors (Lipinski definition) is 6. The van der Waals surface area contributed by atoms with Crippen LogP contribution in [0.25, 0.3) is 16.8 Å². The van der Waals surface area contributed by atoms with Crippen LogP contribution in [0.2, 0.25) is 0 Å². The molecule has 3 aromatic heterocycles. The molecule has 0 bridgehead atoms. The molecule has 0 radical (unpaired) electrons. The second kappa shape index (κ2) is 8.05. The molecule has 0 aliphatic heterocycles.